The fraction of sp³-hybridized carbons (Fsp3) is 0.727. The van der Waals surface area contributed by atoms with Crippen LogP contribution in [0, 0.1) is 0 Å². The van der Waals surface area contributed by atoms with Gasteiger partial charge in [0.2, 0.25) is 5.91 Å². The molecular weight excluding hydrogens is 238 g/mol. The molecule has 1 aliphatic rings. The highest BCUT2D eigenvalue weighted by molar-refractivity contribution is 5.87. The molecule has 0 aromatic rings. The molecule has 1 atom stereocenters. The van der Waals surface area contributed by atoms with E-state index in [9.17, 15) is 14.4 Å². The first kappa shape index (κ1) is 14.3. The van der Waals surface area contributed by atoms with E-state index in [4.69, 9.17) is 5.11 Å². The lowest BCUT2D eigenvalue weighted by atomic mass is 10.1. The molecule has 7 nitrogen and oxygen atoms in total. The third-order valence-corrected chi connectivity index (χ3v) is 2.79. The first-order chi connectivity index (χ1) is 8.50. The number of rotatable bonds is 4. The van der Waals surface area contributed by atoms with Gasteiger partial charge in [-0.25, -0.2) is 4.79 Å². The molecule has 102 valence electrons. The number of carbonyl (C=O) groups excluding carboxylic acids is 2. The van der Waals surface area contributed by atoms with Crippen LogP contribution < -0.4 is 10.6 Å². The molecule has 0 aromatic carbocycles. The number of aliphatic carboxylic acids is 1. The average molecular weight is 257 g/mol. The van der Waals surface area contributed by atoms with Gasteiger partial charge in [0, 0.05) is 13.1 Å². The highest BCUT2D eigenvalue weighted by Gasteiger charge is 2.23. The third-order valence-electron chi connectivity index (χ3n) is 2.79. The van der Waals surface area contributed by atoms with Crippen LogP contribution in [0.4, 0.5) is 4.79 Å². The number of hydrogen-bond acceptors (Lipinski definition) is 3. The van der Waals surface area contributed by atoms with E-state index in [1.807, 2.05) is 0 Å². The molecule has 18 heavy (non-hydrogen) atoms. The van der Waals surface area contributed by atoms with Crippen molar-refractivity contribution in [3.63, 3.8) is 0 Å². The fourth-order valence-electron chi connectivity index (χ4n) is 1.85. The number of hydrogen-bond donors (Lipinski definition) is 3. The zero-order chi connectivity index (χ0) is 13.5. The molecule has 1 heterocycles. The van der Waals surface area contributed by atoms with Crippen LogP contribution in [0.25, 0.3) is 0 Å². The van der Waals surface area contributed by atoms with Gasteiger partial charge in [-0.05, 0) is 26.2 Å². The fourth-order valence-corrected chi connectivity index (χ4v) is 1.85. The van der Waals surface area contributed by atoms with Crippen LogP contribution in [0.1, 0.15) is 26.2 Å². The summed E-state index contributed by atoms with van der Waals surface area (Å²) in [7, 11) is 0. The topological polar surface area (TPSA) is 98.7 Å². The minimum Gasteiger partial charge on any atom is -0.480 e. The number of carboxylic acids is 1. The Hall–Kier alpha value is -1.79. The van der Waals surface area contributed by atoms with Gasteiger partial charge in [-0.1, -0.05) is 0 Å². The molecule has 0 aliphatic carbocycles. The number of carboxylic acid groups (broad SMARTS) is 1. The number of likely N-dealkylation sites (tertiary alicyclic amines) is 1. The number of amides is 3. The van der Waals surface area contributed by atoms with Crippen molar-refractivity contribution in [2.75, 3.05) is 19.6 Å². The maximum atomic E-state index is 11.9. The van der Waals surface area contributed by atoms with Crippen LogP contribution in [0.15, 0.2) is 0 Å². The Bertz CT molecular complexity index is 326. The van der Waals surface area contributed by atoms with Gasteiger partial charge in [0.15, 0.2) is 0 Å². The minimum atomic E-state index is -1.12. The smallest absolute Gasteiger partial charge is 0.323 e. The van der Waals surface area contributed by atoms with E-state index in [1.165, 1.54) is 0 Å². The molecule has 7 heteroatoms. The number of nitrogens with one attached hydrogen (secondary N) is 2. The molecule has 1 unspecified atom stereocenters. The first-order valence-electron chi connectivity index (χ1n) is 6.05. The molecule has 1 aliphatic heterocycles. The number of urea groups is 1. The van der Waals surface area contributed by atoms with E-state index < -0.39 is 24.6 Å². The SMILES string of the molecule is CC(NC(=O)NCC(=O)O)C(=O)N1CCCCC1. The molecule has 0 saturated carbocycles. The van der Waals surface area contributed by atoms with E-state index in [-0.39, 0.29) is 5.91 Å². The minimum absolute atomic E-state index is 0.125. The lowest BCUT2D eigenvalue weighted by Crippen LogP contribution is -2.51. The van der Waals surface area contributed by atoms with E-state index in [2.05, 4.69) is 10.6 Å². The zero-order valence-corrected chi connectivity index (χ0v) is 10.4. The van der Waals surface area contributed by atoms with Gasteiger partial charge in [0.25, 0.3) is 0 Å². The molecular formula is C11H19N3O4. The lowest BCUT2D eigenvalue weighted by Gasteiger charge is -2.29. The van der Waals surface area contributed by atoms with E-state index in [0.717, 1.165) is 32.4 Å². The van der Waals surface area contributed by atoms with Gasteiger partial charge in [-0.2, -0.15) is 0 Å². The Labute approximate surface area is 106 Å². The maximum absolute atomic E-state index is 11.9. The van der Waals surface area contributed by atoms with Crippen LogP contribution in [0.3, 0.4) is 0 Å². The van der Waals surface area contributed by atoms with E-state index in [0.29, 0.717) is 0 Å². The van der Waals surface area contributed by atoms with Crippen LogP contribution in [0.5, 0.6) is 0 Å². The van der Waals surface area contributed by atoms with Crippen LogP contribution in [0.2, 0.25) is 0 Å². The summed E-state index contributed by atoms with van der Waals surface area (Å²) < 4.78 is 0. The second-order valence-corrected chi connectivity index (χ2v) is 4.33. The van der Waals surface area contributed by atoms with Crippen molar-refractivity contribution in [1.29, 1.82) is 0 Å². The van der Waals surface area contributed by atoms with Crippen molar-refractivity contribution >= 4 is 17.9 Å². The molecule has 0 bridgehead atoms. The predicted molar refractivity (Wildman–Crippen MR) is 64.1 cm³/mol. The van der Waals surface area contributed by atoms with Crippen LogP contribution in [-0.2, 0) is 9.59 Å². The highest BCUT2D eigenvalue weighted by atomic mass is 16.4. The predicted octanol–water partition coefficient (Wildman–Crippen LogP) is -0.229. The standard InChI is InChI=1S/C11H19N3O4/c1-8(13-11(18)12-7-9(15)16)10(17)14-5-3-2-4-6-14/h8H,2-7H2,1H3,(H,15,16)(H2,12,13,18). The van der Waals surface area contributed by atoms with Crippen molar-refractivity contribution in [2.24, 2.45) is 0 Å². The van der Waals surface area contributed by atoms with Gasteiger partial charge in [0.05, 0.1) is 0 Å². The third kappa shape index (κ3) is 4.60. The van der Waals surface area contributed by atoms with E-state index >= 15 is 0 Å². The molecule has 1 fully saturated rings. The van der Waals surface area contributed by atoms with Crippen molar-refractivity contribution in [1.82, 2.24) is 15.5 Å². The van der Waals surface area contributed by atoms with Crippen molar-refractivity contribution < 1.29 is 19.5 Å². The molecule has 0 aromatic heterocycles. The Balaban J connectivity index is 2.34. The molecule has 0 radical (unpaired) electrons. The molecule has 1 saturated heterocycles. The molecule has 0 spiro atoms. The van der Waals surface area contributed by atoms with Crippen molar-refractivity contribution in [2.45, 2.75) is 32.2 Å². The second kappa shape index (κ2) is 6.83. The Morgan fingerprint density at radius 3 is 2.39 bits per heavy atom. The lowest BCUT2D eigenvalue weighted by molar-refractivity contribution is -0.135. The maximum Gasteiger partial charge on any atom is 0.323 e. The number of piperidine rings is 1. The summed E-state index contributed by atoms with van der Waals surface area (Å²) in [5.41, 5.74) is 0. The van der Waals surface area contributed by atoms with Crippen molar-refractivity contribution in [3.8, 4) is 0 Å². The number of carbonyl (C=O) groups is 3. The largest absolute Gasteiger partial charge is 0.480 e. The normalized spacial score (nSPS) is 16.8. The number of nitrogens with zero attached hydrogens (tertiary/aromatic N) is 1. The Kier molecular flexibility index (Phi) is 5.41. The average Bonchev–Trinajstić information content (AvgIpc) is 2.36. The second-order valence-electron chi connectivity index (χ2n) is 4.33. The van der Waals surface area contributed by atoms with Gasteiger partial charge >= 0.3 is 12.0 Å². The highest BCUT2D eigenvalue weighted by Crippen LogP contribution is 2.09. The van der Waals surface area contributed by atoms with Gasteiger partial charge < -0.3 is 20.6 Å². The Morgan fingerprint density at radius 2 is 1.83 bits per heavy atom. The summed E-state index contributed by atoms with van der Waals surface area (Å²) in [5, 5.41) is 13.0. The molecule has 3 N–H and O–H groups in total. The summed E-state index contributed by atoms with van der Waals surface area (Å²) in [6.07, 6.45) is 3.11. The van der Waals surface area contributed by atoms with Crippen LogP contribution in [-0.4, -0.2) is 53.6 Å². The molecule has 1 rings (SSSR count). The summed E-state index contributed by atoms with van der Waals surface area (Å²) >= 11 is 0. The van der Waals surface area contributed by atoms with E-state index in [1.54, 1.807) is 11.8 Å². The van der Waals surface area contributed by atoms with Crippen LogP contribution >= 0.6 is 0 Å². The van der Waals surface area contributed by atoms with Gasteiger partial charge in [-0.3, -0.25) is 9.59 Å². The van der Waals surface area contributed by atoms with Gasteiger partial charge in [-0.15, -0.1) is 0 Å². The summed E-state index contributed by atoms with van der Waals surface area (Å²) in [6.45, 7) is 2.58. The quantitative estimate of drug-likeness (QED) is 0.648. The summed E-state index contributed by atoms with van der Waals surface area (Å²) in [5.74, 6) is -1.25. The molecule has 3 amide bonds. The van der Waals surface area contributed by atoms with Gasteiger partial charge in [0.1, 0.15) is 12.6 Å². The summed E-state index contributed by atoms with van der Waals surface area (Å²) in [6, 6.07) is -1.29. The first-order valence-corrected chi connectivity index (χ1v) is 6.05. The zero-order valence-electron chi connectivity index (χ0n) is 10.4. The monoisotopic (exact) mass is 257 g/mol. The summed E-state index contributed by atoms with van der Waals surface area (Å²) in [4.78, 5) is 35.2. The van der Waals surface area contributed by atoms with Crippen molar-refractivity contribution in [3.05, 3.63) is 0 Å². The Morgan fingerprint density at radius 1 is 1.22 bits per heavy atom.